The van der Waals surface area contributed by atoms with Crippen LogP contribution in [0, 0.1) is 29.1 Å². The van der Waals surface area contributed by atoms with Gasteiger partial charge in [0.1, 0.15) is 12.4 Å². The summed E-state index contributed by atoms with van der Waals surface area (Å²) in [5, 5.41) is 15.1. The van der Waals surface area contributed by atoms with E-state index in [2.05, 4.69) is 30.2 Å². The lowest BCUT2D eigenvalue weighted by molar-refractivity contribution is -0.132. The minimum absolute atomic E-state index is 0.0831. The summed E-state index contributed by atoms with van der Waals surface area (Å²) in [6.45, 7) is 7.91. The molecule has 198 valence electrons. The number of benzene rings is 1. The predicted octanol–water partition coefficient (Wildman–Crippen LogP) is 3.96. The highest BCUT2D eigenvalue weighted by atomic mass is 16.6. The number of epoxide rings is 1. The lowest BCUT2D eigenvalue weighted by atomic mass is 9.50. The first-order valence-electron chi connectivity index (χ1n) is 13.4. The largest absolute Gasteiger partial charge is 0.381 e. The van der Waals surface area contributed by atoms with Gasteiger partial charge in [0.25, 0.3) is 0 Å². The molecule has 0 radical (unpaired) electrons. The van der Waals surface area contributed by atoms with Crippen molar-refractivity contribution in [1.82, 2.24) is 10.3 Å². The third-order valence-electron chi connectivity index (χ3n) is 9.69. The lowest BCUT2D eigenvalue weighted by Crippen LogP contribution is -2.54. The third-order valence-corrected chi connectivity index (χ3v) is 9.69. The fraction of sp³-hybridized carbons (Fsp3) is 0.452. The first kappa shape index (κ1) is 25.0. The van der Waals surface area contributed by atoms with Crippen molar-refractivity contribution in [1.29, 1.82) is 0 Å². The molecule has 1 amide bonds. The van der Waals surface area contributed by atoms with E-state index in [0.29, 0.717) is 18.3 Å². The standard InChI is InChI=1S/C31H34N2O5/c1-16-8-7-10-22-28-30(4,38-28)18(3)25-26(21-14-32-23-11-6-5-9-20(21)23)33-29(37)31(22,25)19(15-34)13-24(35)27(36)17(2)12-16/h5-7,9-16,18,22,25-28,32,36H,8H2,1-4H3,(H,33,37)/b10-7+,17-12+,19-13-/t16?,18-,22-,25?,26-,27?,28-,30+,31-/m0/s1. The fourth-order valence-corrected chi connectivity index (χ4v) is 7.60. The zero-order chi connectivity index (χ0) is 27.0. The number of carbonyl (C=O) groups excluding carboxylic acids is 3. The summed E-state index contributed by atoms with van der Waals surface area (Å²) < 4.78 is 6.36. The number of allylic oxidation sites excluding steroid dienone is 2. The molecule has 1 spiro atoms. The second-order valence-electron chi connectivity index (χ2n) is 11.7. The van der Waals surface area contributed by atoms with Crippen molar-refractivity contribution in [2.75, 3.05) is 0 Å². The van der Waals surface area contributed by atoms with E-state index in [1.54, 1.807) is 6.92 Å². The maximum atomic E-state index is 14.3. The maximum Gasteiger partial charge on any atom is 0.232 e. The number of aldehydes is 1. The molecule has 2 aliphatic heterocycles. The number of carbonyl (C=O) groups is 3. The maximum absolute atomic E-state index is 14.3. The van der Waals surface area contributed by atoms with Crippen molar-refractivity contribution >= 4 is 28.9 Å². The first-order chi connectivity index (χ1) is 18.1. The van der Waals surface area contributed by atoms with Crippen LogP contribution < -0.4 is 5.32 Å². The summed E-state index contributed by atoms with van der Waals surface area (Å²) in [7, 11) is 0. The molecule has 2 aromatic rings. The van der Waals surface area contributed by atoms with Crippen LogP contribution in [-0.2, 0) is 19.1 Å². The molecule has 3 heterocycles. The monoisotopic (exact) mass is 514 g/mol. The van der Waals surface area contributed by atoms with Crippen molar-refractivity contribution in [3.05, 3.63) is 71.5 Å². The van der Waals surface area contributed by atoms with E-state index in [1.165, 1.54) is 6.08 Å². The first-order valence-corrected chi connectivity index (χ1v) is 13.4. The molecular weight excluding hydrogens is 480 g/mol. The van der Waals surface area contributed by atoms with Crippen molar-refractivity contribution in [2.24, 2.45) is 29.1 Å². The minimum atomic E-state index is -1.37. The molecule has 3 N–H and O–H groups in total. The zero-order valence-corrected chi connectivity index (χ0v) is 22.1. The molecule has 1 aromatic carbocycles. The van der Waals surface area contributed by atoms with Gasteiger partial charge < -0.3 is 20.1 Å². The summed E-state index contributed by atoms with van der Waals surface area (Å²) in [6, 6.07) is 7.54. The highest BCUT2D eigenvalue weighted by Gasteiger charge is 2.77. The van der Waals surface area contributed by atoms with Gasteiger partial charge in [-0.3, -0.25) is 14.4 Å². The van der Waals surface area contributed by atoms with Crippen LogP contribution in [0.4, 0.5) is 0 Å². The molecule has 2 aliphatic carbocycles. The van der Waals surface area contributed by atoms with Crippen LogP contribution in [0.5, 0.6) is 0 Å². The van der Waals surface area contributed by atoms with Crippen LogP contribution in [-0.4, -0.2) is 45.9 Å². The van der Waals surface area contributed by atoms with Gasteiger partial charge in [0.05, 0.1) is 23.2 Å². The van der Waals surface area contributed by atoms with Crippen LogP contribution in [0.1, 0.15) is 45.7 Å². The van der Waals surface area contributed by atoms with E-state index < -0.39 is 34.9 Å². The van der Waals surface area contributed by atoms with E-state index in [-0.39, 0.29) is 35.3 Å². The van der Waals surface area contributed by atoms with Crippen LogP contribution in [0.15, 0.2) is 65.9 Å². The normalized spacial score (nSPS) is 44.2. The van der Waals surface area contributed by atoms with Crippen molar-refractivity contribution < 1.29 is 24.2 Å². The number of hydrogen-bond donors (Lipinski definition) is 3. The molecule has 1 saturated carbocycles. The number of para-hydroxylation sites is 1. The number of ketones is 1. The number of aliphatic hydroxyl groups is 1. The average Bonchev–Trinajstić information content (AvgIpc) is 3.27. The molecule has 1 aromatic heterocycles. The van der Waals surface area contributed by atoms with Gasteiger partial charge in [0.15, 0.2) is 5.78 Å². The summed E-state index contributed by atoms with van der Waals surface area (Å²) in [5.41, 5.74) is 0.762. The topological polar surface area (TPSA) is 112 Å². The quantitative estimate of drug-likeness (QED) is 0.319. The molecule has 4 aliphatic rings. The van der Waals surface area contributed by atoms with Crippen LogP contribution >= 0.6 is 0 Å². The molecule has 7 nitrogen and oxygen atoms in total. The SMILES string of the molecule is C/C1=C\C(C)C/C=C/[C@H]2[C@@H]3O[C@]3(C)[C@@H](C)C3[C@H](c4c[nH]c5ccccc45)NC(=O)[C@]32/C(C=O)=C\C(=O)C1O. The molecule has 7 heteroatoms. The van der Waals surface area contributed by atoms with Crippen LogP contribution in [0.2, 0.25) is 0 Å². The number of fused-ring (bicyclic) bond motifs is 3. The van der Waals surface area contributed by atoms with E-state index in [1.807, 2.05) is 49.5 Å². The smallest absolute Gasteiger partial charge is 0.232 e. The number of rotatable bonds is 2. The van der Waals surface area contributed by atoms with E-state index in [4.69, 9.17) is 4.74 Å². The van der Waals surface area contributed by atoms with E-state index >= 15 is 0 Å². The highest BCUT2D eigenvalue weighted by molar-refractivity contribution is 6.05. The van der Waals surface area contributed by atoms with Gasteiger partial charge in [-0.25, -0.2) is 0 Å². The number of nitrogens with one attached hydrogen (secondary N) is 2. The minimum Gasteiger partial charge on any atom is -0.381 e. The number of hydrogen-bond acceptors (Lipinski definition) is 5. The zero-order valence-electron chi connectivity index (χ0n) is 22.1. The molecule has 6 rings (SSSR count). The van der Waals surface area contributed by atoms with Gasteiger partial charge in [0.2, 0.25) is 5.91 Å². The van der Waals surface area contributed by atoms with Crippen molar-refractivity contribution in [3.8, 4) is 0 Å². The van der Waals surface area contributed by atoms with Crippen molar-refractivity contribution in [3.63, 3.8) is 0 Å². The summed E-state index contributed by atoms with van der Waals surface area (Å²) >= 11 is 0. The second-order valence-corrected chi connectivity index (χ2v) is 11.7. The Morgan fingerprint density at radius 1 is 1.18 bits per heavy atom. The van der Waals surface area contributed by atoms with Gasteiger partial charge in [-0.1, -0.05) is 50.3 Å². The molecule has 3 fully saturated rings. The Morgan fingerprint density at radius 3 is 2.71 bits per heavy atom. The molecule has 3 unspecified atom stereocenters. The summed E-state index contributed by atoms with van der Waals surface area (Å²) in [5.74, 6) is -1.71. The fourth-order valence-electron chi connectivity index (χ4n) is 7.60. The Hall–Kier alpha value is -3.29. The summed E-state index contributed by atoms with van der Waals surface area (Å²) in [4.78, 5) is 43.8. The van der Waals surface area contributed by atoms with Crippen molar-refractivity contribution in [2.45, 2.75) is 58.0 Å². The van der Waals surface area contributed by atoms with Gasteiger partial charge in [-0.05, 0) is 49.8 Å². The van der Waals surface area contributed by atoms with E-state index in [0.717, 1.165) is 16.5 Å². The second kappa shape index (κ2) is 8.61. The third kappa shape index (κ3) is 3.31. The van der Waals surface area contributed by atoms with Crippen LogP contribution in [0.25, 0.3) is 10.9 Å². The Bertz CT molecular complexity index is 1430. The molecule has 9 atom stereocenters. The Labute approximate surface area is 222 Å². The van der Waals surface area contributed by atoms with Gasteiger partial charge >= 0.3 is 0 Å². The highest BCUT2D eigenvalue weighted by Crippen LogP contribution is 2.69. The van der Waals surface area contributed by atoms with E-state index in [9.17, 15) is 19.5 Å². The Kier molecular flexibility index (Phi) is 5.67. The Balaban J connectivity index is 1.60. The van der Waals surface area contributed by atoms with Gasteiger partial charge in [0, 0.05) is 40.1 Å². The summed E-state index contributed by atoms with van der Waals surface area (Å²) in [6.07, 6.45) is 8.79. The van der Waals surface area contributed by atoms with Gasteiger partial charge in [-0.2, -0.15) is 0 Å². The number of amides is 1. The molecule has 0 bridgehead atoms. The van der Waals surface area contributed by atoms with Gasteiger partial charge in [-0.15, -0.1) is 0 Å². The lowest BCUT2D eigenvalue weighted by Gasteiger charge is -2.47. The number of aliphatic hydroxyl groups excluding tert-OH is 1. The molecular formula is C31H34N2O5. The van der Waals surface area contributed by atoms with Crippen LogP contribution in [0.3, 0.4) is 0 Å². The molecule has 38 heavy (non-hydrogen) atoms. The number of aromatic nitrogens is 1. The average molecular weight is 515 g/mol. The molecule has 2 saturated heterocycles. The number of ether oxygens (including phenoxy) is 1. The number of aromatic amines is 1. The Morgan fingerprint density at radius 2 is 1.95 bits per heavy atom. The number of H-pyrrole nitrogens is 1. The predicted molar refractivity (Wildman–Crippen MR) is 143 cm³/mol.